The van der Waals surface area contributed by atoms with Gasteiger partial charge in [-0.1, -0.05) is 26.2 Å². The summed E-state index contributed by atoms with van der Waals surface area (Å²) in [5, 5.41) is 9.35. The van der Waals surface area contributed by atoms with E-state index in [-0.39, 0.29) is 5.41 Å². The van der Waals surface area contributed by atoms with Gasteiger partial charge in [-0.25, -0.2) is 0 Å². The minimum Gasteiger partial charge on any atom is -0.481 e. The van der Waals surface area contributed by atoms with Crippen molar-refractivity contribution in [1.29, 1.82) is 0 Å². The molecule has 0 aromatic rings. The first-order valence-electron chi connectivity index (χ1n) is 5.89. The van der Waals surface area contributed by atoms with E-state index in [2.05, 4.69) is 6.92 Å². The monoisotopic (exact) mass is 196 g/mol. The van der Waals surface area contributed by atoms with E-state index in [1.807, 2.05) is 0 Å². The molecular weight excluding hydrogens is 176 g/mol. The number of carboxylic acid groups (broad SMARTS) is 1. The van der Waals surface area contributed by atoms with Gasteiger partial charge >= 0.3 is 5.97 Å². The van der Waals surface area contributed by atoms with E-state index in [1.165, 1.54) is 12.8 Å². The summed E-state index contributed by atoms with van der Waals surface area (Å²) in [5.74, 6) is 0.851. The van der Waals surface area contributed by atoms with E-state index in [9.17, 15) is 9.90 Å². The van der Waals surface area contributed by atoms with Gasteiger partial charge in [0.2, 0.25) is 0 Å². The second kappa shape index (κ2) is 3.56. The van der Waals surface area contributed by atoms with Crippen molar-refractivity contribution >= 4 is 5.97 Å². The van der Waals surface area contributed by atoms with E-state index in [0.29, 0.717) is 11.8 Å². The molecule has 2 heteroatoms. The van der Waals surface area contributed by atoms with Crippen molar-refractivity contribution in [3.05, 3.63) is 0 Å². The van der Waals surface area contributed by atoms with Gasteiger partial charge in [0.1, 0.15) is 0 Å². The van der Waals surface area contributed by atoms with Gasteiger partial charge in [0.15, 0.2) is 0 Å². The molecule has 0 saturated heterocycles. The molecule has 1 N–H and O–H groups in total. The second-order valence-corrected chi connectivity index (χ2v) is 5.26. The molecule has 0 heterocycles. The van der Waals surface area contributed by atoms with Crippen LogP contribution < -0.4 is 0 Å². The van der Waals surface area contributed by atoms with Crippen molar-refractivity contribution in [1.82, 2.24) is 0 Å². The Morgan fingerprint density at radius 1 is 1.50 bits per heavy atom. The van der Waals surface area contributed by atoms with Crippen LogP contribution in [0, 0.1) is 17.3 Å². The molecule has 2 saturated carbocycles. The number of rotatable bonds is 2. The summed E-state index contributed by atoms with van der Waals surface area (Å²) in [5.41, 5.74) is -0.332. The SMILES string of the molecule is CC[C@@H]1C[C@@H]2CCC[C@](C(=O)O)(C1)C2. The molecule has 0 aromatic carbocycles. The first-order chi connectivity index (χ1) is 6.66. The fraction of sp³-hybridized carbons (Fsp3) is 0.917. The molecule has 0 aromatic heterocycles. The molecule has 2 aliphatic carbocycles. The number of fused-ring (bicyclic) bond motifs is 2. The average Bonchev–Trinajstić information content (AvgIpc) is 2.17. The van der Waals surface area contributed by atoms with Gasteiger partial charge in [0, 0.05) is 0 Å². The highest BCUT2D eigenvalue weighted by Gasteiger charge is 2.47. The van der Waals surface area contributed by atoms with Crippen LogP contribution in [0.3, 0.4) is 0 Å². The molecule has 0 radical (unpaired) electrons. The Bertz CT molecular complexity index is 236. The average molecular weight is 196 g/mol. The summed E-state index contributed by atoms with van der Waals surface area (Å²) in [4.78, 5) is 11.3. The van der Waals surface area contributed by atoms with Gasteiger partial charge in [0.25, 0.3) is 0 Å². The van der Waals surface area contributed by atoms with E-state index >= 15 is 0 Å². The lowest BCUT2D eigenvalue weighted by molar-refractivity contribution is -0.156. The van der Waals surface area contributed by atoms with Crippen molar-refractivity contribution in [3.8, 4) is 0 Å². The molecule has 2 nitrogen and oxygen atoms in total. The van der Waals surface area contributed by atoms with E-state index in [1.54, 1.807) is 0 Å². The third-order valence-corrected chi connectivity index (χ3v) is 4.32. The molecule has 0 spiro atoms. The van der Waals surface area contributed by atoms with Crippen LogP contribution in [0.2, 0.25) is 0 Å². The number of carboxylic acids is 1. The highest BCUT2D eigenvalue weighted by molar-refractivity contribution is 5.75. The van der Waals surface area contributed by atoms with Crippen molar-refractivity contribution in [2.75, 3.05) is 0 Å². The molecule has 80 valence electrons. The molecule has 2 fully saturated rings. The van der Waals surface area contributed by atoms with Crippen LogP contribution in [0.25, 0.3) is 0 Å². The van der Waals surface area contributed by atoms with E-state index in [4.69, 9.17) is 0 Å². The van der Waals surface area contributed by atoms with Crippen molar-refractivity contribution in [2.24, 2.45) is 17.3 Å². The topological polar surface area (TPSA) is 37.3 Å². The van der Waals surface area contributed by atoms with Crippen LogP contribution in [0.15, 0.2) is 0 Å². The highest BCUT2D eigenvalue weighted by atomic mass is 16.4. The van der Waals surface area contributed by atoms with Crippen LogP contribution in [0.5, 0.6) is 0 Å². The van der Waals surface area contributed by atoms with Crippen molar-refractivity contribution in [3.63, 3.8) is 0 Å². The molecule has 2 aliphatic rings. The third kappa shape index (κ3) is 1.55. The molecule has 2 bridgehead atoms. The van der Waals surface area contributed by atoms with Crippen molar-refractivity contribution in [2.45, 2.75) is 51.9 Å². The first kappa shape index (κ1) is 10.0. The molecule has 3 atom stereocenters. The largest absolute Gasteiger partial charge is 0.481 e. The summed E-state index contributed by atoms with van der Waals surface area (Å²) in [6.45, 7) is 2.20. The Balaban J connectivity index is 2.17. The lowest BCUT2D eigenvalue weighted by atomic mass is 9.58. The number of carbonyl (C=O) groups is 1. The Morgan fingerprint density at radius 2 is 2.29 bits per heavy atom. The van der Waals surface area contributed by atoms with Crippen molar-refractivity contribution < 1.29 is 9.90 Å². The fourth-order valence-corrected chi connectivity index (χ4v) is 3.57. The van der Waals surface area contributed by atoms with Gasteiger partial charge < -0.3 is 5.11 Å². The van der Waals surface area contributed by atoms with E-state index in [0.717, 1.165) is 32.1 Å². The maximum absolute atomic E-state index is 11.3. The highest BCUT2D eigenvalue weighted by Crippen LogP contribution is 2.51. The second-order valence-electron chi connectivity index (χ2n) is 5.26. The quantitative estimate of drug-likeness (QED) is 0.737. The Hall–Kier alpha value is -0.530. The Morgan fingerprint density at radius 3 is 2.93 bits per heavy atom. The van der Waals surface area contributed by atoms with Crippen LogP contribution in [-0.2, 0) is 4.79 Å². The lowest BCUT2D eigenvalue weighted by Crippen LogP contribution is -2.42. The molecular formula is C12H20O2. The van der Waals surface area contributed by atoms with Gasteiger partial charge in [-0.05, 0) is 37.5 Å². The van der Waals surface area contributed by atoms with Gasteiger partial charge in [0.05, 0.1) is 5.41 Å². The summed E-state index contributed by atoms with van der Waals surface area (Å²) in [7, 11) is 0. The van der Waals surface area contributed by atoms with Gasteiger partial charge in [-0.2, -0.15) is 0 Å². The molecule has 0 unspecified atom stereocenters. The van der Waals surface area contributed by atoms with Crippen LogP contribution in [-0.4, -0.2) is 11.1 Å². The van der Waals surface area contributed by atoms with Crippen LogP contribution in [0.1, 0.15) is 51.9 Å². The smallest absolute Gasteiger partial charge is 0.309 e. The predicted molar refractivity (Wildman–Crippen MR) is 55.0 cm³/mol. The Kier molecular flexibility index (Phi) is 2.54. The minimum absolute atomic E-state index is 0.332. The minimum atomic E-state index is -0.527. The number of hydrogen-bond donors (Lipinski definition) is 1. The maximum atomic E-state index is 11.3. The maximum Gasteiger partial charge on any atom is 0.309 e. The summed E-state index contributed by atoms with van der Waals surface area (Å²) >= 11 is 0. The zero-order valence-electron chi connectivity index (χ0n) is 8.96. The van der Waals surface area contributed by atoms with E-state index < -0.39 is 5.97 Å². The molecule has 14 heavy (non-hydrogen) atoms. The number of hydrogen-bond acceptors (Lipinski definition) is 1. The fourth-order valence-electron chi connectivity index (χ4n) is 3.57. The van der Waals surface area contributed by atoms with Gasteiger partial charge in [-0.15, -0.1) is 0 Å². The summed E-state index contributed by atoms with van der Waals surface area (Å²) < 4.78 is 0. The Labute approximate surface area is 85.7 Å². The molecule has 0 aliphatic heterocycles. The zero-order chi connectivity index (χ0) is 10.2. The lowest BCUT2D eigenvalue weighted by Gasteiger charge is -2.45. The first-order valence-corrected chi connectivity index (χ1v) is 5.89. The normalized spacial score (nSPS) is 42.1. The molecule has 2 rings (SSSR count). The van der Waals surface area contributed by atoms with Crippen LogP contribution in [0.4, 0.5) is 0 Å². The third-order valence-electron chi connectivity index (χ3n) is 4.32. The summed E-state index contributed by atoms with van der Waals surface area (Å²) in [6, 6.07) is 0. The van der Waals surface area contributed by atoms with Gasteiger partial charge in [-0.3, -0.25) is 4.79 Å². The van der Waals surface area contributed by atoms with Crippen LogP contribution >= 0.6 is 0 Å². The number of aliphatic carboxylic acids is 1. The standard InChI is InChI=1S/C12H20O2/c1-2-9-6-10-4-3-5-12(7-9,8-10)11(13)14/h9-10H,2-8H2,1H3,(H,13,14)/t9-,10+,12+/m1/s1. The predicted octanol–water partition coefficient (Wildman–Crippen LogP) is 3.07. The zero-order valence-corrected chi connectivity index (χ0v) is 8.96. The molecule has 0 amide bonds. The summed E-state index contributed by atoms with van der Waals surface area (Å²) in [6.07, 6.45) is 7.67.